The second kappa shape index (κ2) is 9.62. The predicted octanol–water partition coefficient (Wildman–Crippen LogP) is 10.4. The second-order valence-corrected chi connectivity index (χ2v) is 10.1. The molecule has 0 saturated carbocycles. The van der Waals surface area contributed by atoms with Gasteiger partial charge in [-0.1, -0.05) is 97.1 Å². The Balaban J connectivity index is 1.16. The highest BCUT2D eigenvalue weighted by molar-refractivity contribution is 6.09. The number of para-hydroxylation sites is 2. The number of hydrogen-bond acceptors (Lipinski definition) is 0. The molecule has 3 heteroatoms. The number of aromatic nitrogens is 1. The van der Waals surface area contributed by atoms with E-state index in [9.17, 15) is 8.78 Å². The van der Waals surface area contributed by atoms with Crippen molar-refractivity contribution < 1.29 is 8.78 Å². The maximum absolute atomic E-state index is 14.0. The molecule has 7 rings (SSSR count). The van der Waals surface area contributed by atoms with Gasteiger partial charge in [0.25, 0.3) is 0 Å². The summed E-state index contributed by atoms with van der Waals surface area (Å²) >= 11 is 0. The molecule has 7 aromatic rings. The minimum atomic E-state index is -0.530. The molecule has 0 radical (unpaired) electrons. The third-order valence-electron chi connectivity index (χ3n) is 7.76. The Morgan fingerprint density at radius 2 is 0.775 bits per heavy atom. The molecule has 40 heavy (non-hydrogen) atoms. The lowest BCUT2D eigenvalue weighted by molar-refractivity contribution is 0.569. The van der Waals surface area contributed by atoms with Crippen LogP contribution in [0, 0.1) is 18.6 Å². The molecule has 0 saturated heterocycles. The molecule has 1 nitrogen and oxygen atoms in total. The molecule has 0 aliphatic heterocycles. The monoisotopic (exact) mass is 521 g/mol. The lowest BCUT2D eigenvalue weighted by Gasteiger charge is -2.10. The summed E-state index contributed by atoms with van der Waals surface area (Å²) in [5.41, 5.74) is 9.30. The molecule has 0 unspecified atom stereocenters. The molecule has 0 bridgehead atoms. The zero-order valence-corrected chi connectivity index (χ0v) is 21.9. The zero-order chi connectivity index (χ0) is 27.2. The lowest BCUT2D eigenvalue weighted by Crippen LogP contribution is -1.93. The van der Waals surface area contributed by atoms with Gasteiger partial charge in [-0.05, 0) is 76.7 Å². The first-order valence-electron chi connectivity index (χ1n) is 13.3. The number of hydrogen-bond donors (Lipinski definition) is 0. The highest BCUT2D eigenvalue weighted by Crippen LogP contribution is 2.33. The normalized spacial score (nSPS) is 11.4. The van der Waals surface area contributed by atoms with E-state index in [0.29, 0.717) is 5.56 Å². The van der Waals surface area contributed by atoms with Crippen molar-refractivity contribution in [2.75, 3.05) is 0 Å². The standard InChI is InChI=1S/C37H25F2N/c1-24-34(38)22-30(23-35(24)39)29-16-14-26(15-17-29)25-10-12-27(13-11-25)28-18-20-31(21-19-28)40-36-8-4-2-6-32(36)33-7-3-5-9-37(33)40/h2-23H,1H3. The molecule has 192 valence electrons. The van der Waals surface area contributed by atoms with Crippen LogP contribution in [0.4, 0.5) is 8.78 Å². The third kappa shape index (κ3) is 4.07. The average molecular weight is 522 g/mol. The van der Waals surface area contributed by atoms with Crippen molar-refractivity contribution in [3.8, 4) is 39.1 Å². The lowest BCUT2D eigenvalue weighted by atomic mass is 9.97. The van der Waals surface area contributed by atoms with Gasteiger partial charge in [0, 0.05) is 22.0 Å². The van der Waals surface area contributed by atoms with Gasteiger partial charge in [0.2, 0.25) is 0 Å². The molecule has 0 aliphatic carbocycles. The van der Waals surface area contributed by atoms with Crippen LogP contribution in [0.5, 0.6) is 0 Å². The summed E-state index contributed by atoms with van der Waals surface area (Å²) in [5, 5.41) is 2.51. The predicted molar refractivity (Wildman–Crippen MR) is 162 cm³/mol. The molecular weight excluding hydrogens is 496 g/mol. The minimum Gasteiger partial charge on any atom is -0.309 e. The number of nitrogens with zero attached hydrogens (tertiary/aromatic N) is 1. The number of rotatable bonds is 4. The van der Waals surface area contributed by atoms with Crippen molar-refractivity contribution >= 4 is 21.8 Å². The third-order valence-corrected chi connectivity index (χ3v) is 7.76. The fraction of sp³-hybridized carbons (Fsp3) is 0.0270. The highest BCUT2D eigenvalue weighted by atomic mass is 19.1. The van der Waals surface area contributed by atoms with Crippen molar-refractivity contribution in [1.82, 2.24) is 4.57 Å². The van der Waals surface area contributed by atoms with Crippen LogP contribution in [0.2, 0.25) is 0 Å². The number of halogens is 2. The molecule has 0 spiro atoms. The summed E-state index contributed by atoms with van der Waals surface area (Å²) in [6.45, 7) is 1.45. The van der Waals surface area contributed by atoms with E-state index in [0.717, 1.165) is 33.5 Å². The molecule has 1 aromatic heterocycles. The molecule has 0 N–H and O–H groups in total. The number of benzene rings is 6. The first kappa shape index (κ1) is 24.1. The van der Waals surface area contributed by atoms with Crippen LogP contribution in [0.25, 0.3) is 60.9 Å². The van der Waals surface area contributed by atoms with Crippen molar-refractivity contribution in [3.05, 3.63) is 151 Å². The van der Waals surface area contributed by atoms with E-state index in [2.05, 4.69) is 102 Å². The van der Waals surface area contributed by atoms with Crippen molar-refractivity contribution in [1.29, 1.82) is 0 Å². The van der Waals surface area contributed by atoms with Gasteiger partial charge in [0.1, 0.15) is 11.6 Å². The summed E-state index contributed by atoms with van der Waals surface area (Å²) in [5.74, 6) is -1.06. The fourth-order valence-electron chi connectivity index (χ4n) is 5.53. The zero-order valence-electron chi connectivity index (χ0n) is 21.9. The Labute approximate surface area is 231 Å². The van der Waals surface area contributed by atoms with Gasteiger partial charge >= 0.3 is 0 Å². The van der Waals surface area contributed by atoms with Crippen molar-refractivity contribution in [3.63, 3.8) is 0 Å². The second-order valence-electron chi connectivity index (χ2n) is 10.1. The van der Waals surface area contributed by atoms with E-state index >= 15 is 0 Å². The van der Waals surface area contributed by atoms with Crippen LogP contribution < -0.4 is 0 Å². The van der Waals surface area contributed by atoms with Crippen LogP contribution in [0.1, 0.15) is 5.56 Å². The van der Waals surface area contributed by atoms with Gasteiger partial charge in [0.15, 0.2) is 0 Å². The minimum absolute atomic E-state index is 0.0433. The Morgan fingerprint density at radius 3 is 1.20 bits per heavy atom. The molecule has 0 fully saturated rings. The Hall–Kier alpha value is -5.02. The summed E-state index contributed by atoms with van der Waals surface area (Å²) in [6, 6.07) is 44.8. The van der Waals surface area contributed by atoms with E-state index < -0.39 is 11.6 Å². The summed E-state index contributed by atoms with van der Waals surface area (Å²) < 4.78 is 30.4. The van der Waals surface area contributed by atoms with Crippen LogP contribution in [0.15, 0.2) is 133 Å². The first-order chi connectivity index (χ1) is 19.6. The van der Waals surface area contributed by atoms with E-state index in [1.165, 1.54) is 40.9 Å². The van der Waals surface area contributed by atoms with Gasteiger partial charge in [-0.25, -0.2) is 8.78 Å². The fourth-order valence-corrected chi connectivity index (χ4v) is 5.53. The van der Waals surface area contributed by atoms with E-state index in [4.69, 9.17) is 0 Å². The van der Waals surface area contributed by atoms with Crippen molar-refractivity contribution in [2.45, 2.75) is 6.92 Å². The quantitative estimate of drug-likeness (QED) is 0.217. The first-order valence-corrected chi connectivity index (χ1v) is 13.3. The summed E-state index contributed by atoms with van der Waals surface area (Å²) in [6.07, 6.45) is 0. The maximum atomic E-state index is 14.0. The smallest absolute Gasteiger partial charge is 0.129 e. The topological polar surface area (TPSA) is 4.93 Å². The SMILES string of the molecule is Cc1c(F)cc(-c2ccc(-c3ccc(-c4ccc(-n5c6ccccc6c6ccccc65)cc4)cc3)cc2)cc1F. The van der Waals surface area contributed by atoms with Gasteiger partial charge in [-0.3, -0.25) is 0 Å². The summed E-state index contributed by atoms with van der Waals surface area (Å²) in [4.78, 5) is 0. The van der Waals surface area contributed by atoms with Crippen LogP contribution in [-0.2, 0) is 0 Å². The Morgan fingerprint density at radius 1 is 0.425 bits per heavy atom. The van der Waals surface area contributed by atoms with Crippen LogP contribution in [0.3, 0.4) is 0 Å². The van der Waals surface area contributed by atoms with Gasteiger partial charge < -0.3 is 4.57 Å². The van der Waals surface area contributed by atoms with Gasteiger partial charge in [-0.2, -0.15) is 0 Å². The molecule has 0 amide bonds. The molecular formula is C37H25F2N. The van der Waals surface area contributed by atoms with Crippen LogP contribution >= 0.6 is 0 Å². The van der Waals surface area contributed by atoms with Gasteiger partial charge in [0.05, 0.1) is 11.0 Å². The average Bonchev–Trinajstić information content (AvgIpc) is 3.34. The van der Waals surface area contributed by atoms with Gasteiger partial charge in [-0.15, -0.1) is 0 Å². The molecule has 6 aromatic carbocycles. The van der Waals surface area contributed by atoms with Crippen LogP contribution in [-0.4, -0.2) is 4.57 Å². The van der Waals surface area contributed by atoms with E-state index in [-0.39, 0.29) is 5.56 Å². The number of fused-ring (bicyclic) bond motifs is 3. The molecule has 0 atom stereocenters. The summed E-state index contributed by atoms with van der Waals surface area (Å²) in [7, 11) is 0. The highest BCUT2D eigenvalue weighted by Gasteiger charge is 2.12. The maximum Gasteiger partial charge on any atom is 0.129 e. The Bertz CT molecular complexity index is 1920. The Kier molecular flexibility index (Phi) is 5.78. The largest absolute Gasteiger partial charge is 0.309 e. The van der Waals surface area contributed by atoms with E-state index in [1.54, 1.807) is 0 Å². The molecule has 0 aliphatic rings. The van der Waals surface area contributed by atoms with E-state index in [1.807, 2.05) is 24.3 Å². The molecule has 1 heterocycles. The van der Waals surface area contributed by atoms with Crippen molar-refractivity contribution in [2.24, 2.45) is 0 Å².